The number of Topliss-reactive ketones (excluding diaryl/α,β-unsaturated/α-hetero) is 1. The molecular weight excluding hydrogens is 485 g/mol. The van der Waals surface area contributed by atoms with Crippen molar-refractivity contribution in [2.75, 3.05) is 18.0 Å². The van der Waals surface area contributed by atoms with Crippen molar-refractivity contribution in [2.45, 2.75) is 26.4 Å². The minimum Gasteiger partial charge on any atom is -0.507 e. The third-order valence-corrected chi connectivity index (χ3v) is 6.91. The number of halogens is 2. The zero-order valence-corrected chi connectivity index (χ0v) is 20.9. The van der Waals surface area contributed by atoms with Gasteiger partial charge in [0.1, 0.15) is 5.76 Å². The summed E-state index contributed by atoms with van der Waals surface area (Å²) in [5, 5.41) is 11.8. The third-order valence-electron chi connectivity index (χ3n) is 6.17. The maximum atomic E-state index is 13.2. The molecule has 1 aliphatic rings. The second-order valence-corrected chi connectivity index (χ2v) is 8.99. The van der Waals surface area contributed by atoms with Gasteiger partial charge in [0.15, 0.2) is 0 Å². The zero-order chi connectivity index (χ0) is 25.1. The van der Waals surface area contributed by atoms with E-state index in [1.54, 1.807) is 36.7 Å². The van der Waals surface area contributed by atoms with Gasteiger partial charge in [0, 0.05) is 43.3 Å². The summed E-state index contributed by atoms with van der Waals surface area (Å²) in [5.74, 6) is -1.72. The Kier molecular flexibility index (Phi) is 7.43. The first-order chi connectivity index (χ1) is 16.8. The van der Waals surface area contributed by atoms with E-state index in [1.807, 2.05) is 24.3 Å². The Bertz CT molecular complexity index is 1270. The van der Waals surface area contributed by atoms with Crippen LogP contribution in [0, 0.1) is 0 Å². The zero-order valence-electron chi connectivity index (χ0n) is 19.4. The van der Waals surface area contributed by atoms with Crippen LogP contribution in [-0.4, -0.2) is 39.8 Å². The summed E-state index contributed by atoms with van der Waals surface area (Å²) in [7, 11) is 0. The highest BCUT2D eigenvalue weighted by Gasteiger charge is 2.46. The molecule has 1 fully saturated rings. The lowest BCUT2D eigenvalue weighted by molar-refractivity contribution is -0.140. The molecule has 3 aromatic rings. The molecule has 2 heterocycles. The minimum atomic E-state index is -0.775. The predicted molar refractivity (Wildman–Crippen MR) is 139 cm³/mol. The summed E-state index contributed by atoms with van der Waals surface area (Å²) in [6, 6.07) is 15.1. The number of carbonyl (C=O) groups excluding carboxylic acids is 2. The van der Waals surface area contributed by atoms with E-state index in [1.165, 1.54) is 11.0 Å². The molecule has 1 unspecified atom stereocenters. The van der Waals surface area contributed by atoms with Gasteiger partial charge in [0.2, 0.25) is 0 Å². The predicted octanol–water partition coefficient (Wildman–Crippen LogP) is 5.86. The van der Waals surface area contributed by atoms with E-state index in [0.717, 1.165) is 29.9 Å². The highest BCUT2D eigenvalue weighted by atomic mass is 35.5. The van der Waals surface area contributed by atoms with Crippen LogP contribution in [-0.2, 0) is 16.1 Å². The number of aliphatic hydroxyl groups is 1. The topological polar surface area (TPSA) is 73.7 Å². The van der Waals surface area contributed by atoms with Gasteiger partial charge in [-0.3, -0.25) is 14.6 Å². The summed E-state index contributed by atoms with van der Waals surface area (Å²) in [4.78, 5) is 34.1. The van der Waals surface area contributed by atoms with Gasteiger partial charge in [-0.2, -0.15) is 0 Å². The van der Waals surface area contributed by atoms with Gasteiger partial charge in [-0.05, 0) is 67.4 Å². The fourth-order valence-electron chi connectivity index (χ4n) is 4.33. The Morgan fingerprint density at radius 1 is 0.971 bits per heavy atom. The van der Waals surface area contributed by atoms with Crippen molar-refractivity contribution < 1.29 is 14.7 Å². The second kappa shape index (κ2) is 10.5. The minimum absolute atomic E-state index is 0.0121. The smallest absolute Gasteiger partial charge is 0.295 e. The average molecular weight is 510 g/mol. The number of pyridine rings is 1. The normalized spacial score (nSPS) is 17.1. The molecule has 1 N–H and O–H groups in total. The van der Waals surface area contributed by atoms with Crippen molar-refractivity contribution in [3.8, 4) is 0 Å². The van der Waals surface area contributed by atoms with Crippen LogP contribution < -0.4 is 4.90 Å². The van der Waals surface area contributed by atoms with Gasteiger partial charge in [0.25, 0.3) is 11.7 Å². The summed E-state index contributed by atoms with van der Waals surface area (Å²) in [6.07, 6.45) is 3.27. The highest BCUT2D eigenvalue weighted by Crippen LogP contribution is 2.41. The lowest BCUT2D eigenvalue weighted by Gasteiger charge is -2.26. The molecule has 0 saturated carbocycles. The van der Waals surface area contributed by atoms with E-state index in [-0.39, 0.29) is 22.9 Å². The molecule has 35 heavy (non-hydrogen) atoms. The summed E-state index contributed by atoms with van der Waals surface area (Å²) in [5.41, 5.74) is 2.90. The van der Waals surface area contributed by atoms with E-state index in [4.69, 9.17) is 23.2 Å². The molecule has 0 bridgehead atoms. The number of nitrogens with zero attached hydrogens (tertiary/aromatic N) is 3. The number of amides is 1. The van der Waals surface area contributed by atoms with Gasteiger partial charge < -0.3 is 14.9 Å². The number of hydrogen-bond donors (Lipinski definition) is 1. The van der Waals surface area contributed by atoms with Crippen LogP contribution in [0.4, 0.5) is 5.69 Å². The van der Waals surface area contributed by atoms with Crippen molar-refractivity contribution in [1.82, 2.24) is 9.88 Å². The number of rotatable bonds is 7. The molecule has 8 heteroatoms. The molecule has 0 spiro atoms. The Morgan fingerprint density at radius 3 is 2.23 bits per heavy atom. The van der Waals surface area contributed by atoms with Gasteiger partial charge in [0.05, 0.1) is 21.7 Å². The van der Waals surface area contributed by atoms with E-state index in [9.17, 15) is 14.7 Å². The Hall–Kier alpha value is -3.35. The van der Waals surface area contributed by atoms with Gasteiger partial charge in [-0.1, -0.05) is 35.3 Å². The fourth-order valence-corrected chi connectivity index (χ4v) is 4.63. The number of aliphatic hydroxyl groups excluding tert-OH is 1. The molecule has 4 rings (SSSR count). The first kappa shape index (κ1) is 24.8. The molecule has 1 saturated heterocycles. The monoisotopic (exact) mass is 509 g/mol. The number of hydrogen-bond acceptors (Lipinski definition) is 5. The lowest BCUT2D eigenvalue weighted by atomic mass is 9.95. The molecule has 0 aliphatic carbocycles. The first-order valence-electron chi connectivity index (χ1n) is 11.3. The highest BCUT2D eigenvalue weighted by molar-refractivity contribution is 6.46. The average Bonchev–Trinajstić information content (AvgIpc) is 3.12. The number of ketones is 1. The van der Waals surface area contributed by atoms with Crippen LogP contribution in [0.5, 0.6) is 0 Å². The summed E-state index contributed by atoms with van der Waals surface area (Å²) in [6.45, 7) is 6.06. The Labute approximate surface area is 214 Å². The molecular formula is C27H25Cl2N3O3. The van der Waals surface area contributed by atoms with Crippen LogP contribution in [0.15, 0.2) is 72.6 Å². The molecule has 1 aliphatic heterocycles. The van der Waals surface area contributed by atoms with Crippen molar-refractivity contribution in [1.29, 1.82) is 0 Å². The quantitative estimate of drug-likeness (QED) is 0.245. The van der Waals surface area contributed by atoms with Crippen LogP contribution in [0.1, 0.15) is 36.6 Å². The van der Waals surface area contributed by atoms with Crippen LogP contribution in [0.25, 0.3) is 5.76 Å². The van der Waals surface area contributed by atoms with E-state index >= 15 is 0 Å². The molecule has 0 radical (unpaired) electrons. The third kappa shape index (κ3) is 4.90. The fraction of sp³-hybridized carbons (Fsp3) is 0.222. The summed E-state index contributed by atoms with van der Waals surface area (Å²) >= 11 is 12.2. The van der Waals surface area contributed by atoms with E-state index in [0.29, 0.717) is 10.6 Å². The molecule has 180 valence electrons. The first-order valence-corrected chi connectivity index (χ1v) is 12.1. The SMILES string of the molecule is CCN(CC)c1ccc(C2/C(=C(/O)c3ccc(Cl)c(Cl)c3)C(=O)C(=O)N2Cc2ccncc2)cc1. The Morgan fingerprint density at radius 2 is 1.63 bits per heavy atom. The number of benzene rings is 2. The second-order valence-electron chi connectivity index (χ2n) is 8.18. The van der Waals surface area contributed by atoms with Gasteiger partial charge >= 0.3 is 0 Å². The number of aromatic nitrogens is 1. The largest absolute Gasteiger partial charge is 0.507 e. The molecule has 1 aromatic heterocycles. The van der Waals surface area contributed by atoms with E-state index in [2.05, 4.69) is 23.7 Å². The van der Waals surface area contributed by atoms with Crippen LogP contribution >= 0.6 is 23.2 Å². The Balaban J connectivity index is 1.84. The molecule has 1 amide bonds. The molecule has 2 aromatic carbocycles. The lowest BCUT2D eigenvalue weighted by Crippen LogP contribution is -2.29. The van der Waals surface area contributed by atoms with Crippen LogP contribution in [0.2, 0.25) is 10.0 Å². The molecule has 6 nitrogen and oxygen atoms in total. The number of carbonyl (C=O) groups is 2. The summed E-state index contributed by atoms with van der Waals surface area (Å²) < 4.78 is 0. The molecule has 1 atom stereocenters. The van der Waals surface area contributed by atoms with Gasteiger partial charge in [-0.15, -0.1) is 0 Å². The maximum absolute atomic E-state index is 13.2. The number of likely N-dealkylation sites (tertiary alicyclic amines) is 1. The van der Waals surface area contributed by atoms with Crippen molar-refractivity contribution in [2.24, 2.45) is 0 Å². The van der Waals surface area contributed by atoms with Crippen molar-refractivity contribution >= 4 is 46.3 Å². The van der Waals surface area contributed by atoms with Crippen molar-refractivity contribution in [3.63, 3.8) is 0 Å². The standard InChI is InChI=1S/C27H25Cl2N3O3/c1-3-31(4-2)20-8-5-18(6-9-20)24-23(25(33)19-7-10-21(28)22(29)15-19)26(34)27(35)32(24)16-17-11-13-30-14-12-17/h5-15,24,33H,3-4,16H2,1-2H3/b25-23-. The maximum Gasteiger partial charge on any atom is 0.295 e. The number of anilines is 1. The van der Waals surface area contributed by atoms with Crippen LogP contribution in [0.3, 0.4) is 0 Å². The van der Waals surface area contributed by atoms with Gasteiger partial charge in [-0.25, -0.2) is 0 Å². The van der Waals surface area contributed by atoms with Crippen molar-refractivity contribution in [3.05, 3.63) is 99.3 Å². The van der Waals surface area contributed by atoms with E-state index < -0.39 is 17.7 Å².